The van der Waals surface area contributed by atoms with Crippen LogP contribution in [0.25, 0.3) is 0 Å². The minimum atomic E-state index is -4.44. The lowest BCUT2D eigenvalue weighted by Gasteiger charge is -2.54. The first kappa shape index (κ1) is 86.0. The van der Waals surface area contributed by atoms with E-state index in [0.717, 1.165) is 14.7 Å². The number of nitrogens with zero attached hydrogens (tertiary/aromatic N) is 9. The molecule has 25 nitrogen and oxygen atoms in total. The van der Waals surface area contributed by atoms with Crippen molar-refractivity contribution < 1.29 is 75.4 Å². The summed E-state index contributed by atoms with van der Waals surface area (Å²) in [6.45, 7) is 13.9. The zero-order chi connectivity index (χ0) is 77.9. The summed E-state index contributed by atoms with van der Waals surface area (Å²) in [6.07, 6.45) is 2.66. The number of likely N-dealkylation sites (N-methyl/N-ethyl adjacent to an activating group) is 6. The smallest absolute Gasteiger partial charge is 0.377 e. The predicted molar refractivity (Wildman–Crippen MR) is 390 cm³/mol. The number of carbonyl (C=O) groups excluding carboxylic acids is 12. The number of hydrogen-bond acceptors (Lipinski definition) is 13. The molecule has 7 rings (SSSR count). The molecular formula is C75H119Cl2F3N12O13. The molecule has 592 valence electrons. The third-order valence-corrected chi connectivity index (χ3v) is 25.0. The molecule has 4 aliphatic heterocycles. The third kappa shape index (κ3) is 20.9. The number of fused-ring (bicyclic) bond motifs is 3. The van der Waals surface area contributed by atoms with Gasteiger partial charge < -0.3 is 64.8 Å². The fourth-order valence-corrected chi connectivity index (χ4v) is 17.8. The molecule has 0 aromatic carbocycles. The zero-order valence-electron chi connectivity index (χ0n) is 64.4. The summed E-state index contributed by atoms with van der Waals surface area (Å²) in [5.74, 6) is -11.2. The lowest BCUT2D eigenvalue weighted by Crippen LogP contribution is -2.71. The summed E-state index contributed by atoms with van der Waals surface area (Å²) in [5.41, 5.74) is -2.14. The minimum Gasteiger partial charge on any atom is -0.377 e. The first-order valence-corrected chi connectivity index (χ1v) is 39.2. The summed E-state index contributed by atoms with van der Waals surface area (Å²) < 4.78 is 48.5. The van der Waals surface area contributed by atoms with E-state index in [1.807, 2.05) is 27.7 Å². The monoisotopic (exact) mass is 1520 g/mol. The van der Waals surface area contributed by atoms with E-state index in [4.69, 9.17) is 27.9 Å². The number of hydrogen-bond donors (Lipinski definition) is 3. The lowest BCUT2D eigenvalue weighted by atomic mass is 9.58. The van der Waals surface area contributed by atoms with Gasteiger partial charge in [0.05, 0.1) is 36.9 Å². The molecule has 0 aromatic rings. The standard InChI is InChI=1S/C75H119Cl2F3N12O13/c1-15-45(5)62-70(102)85(10)42-61(95)87(12)55-24-20-19-21-35-91(69(55)101)58(37-48-25-29-50(30-26-48)75(78,79)80)67(99)84(9)41-59(93)81-54(32-28-47-27-31-52(76)53(77)36-47)66(98)92-40-51(105-18-4)38-56(92)65(97)83-74(43-73(7,8)44-74)72(104)89(14)63(49(16-2)17-3)71(103)88(13)57(68(100)90-33-22-23-34-90)39-60(94)86(11)46(6)64(96)82-62/h19-20,45-58,62-63H,15-18,21-44H2,1-14H3,(H,81,93)(H,82,96)(H,83,97)/b20-19-/t45-,46-,47?,48?,50?,51+,52?,53?,54-,55-,56-,57-,58-,62-,63-/m0/s1. The van der Waals surface area contributed by atoms with Crippen LogP contribution in [0.2, 0.25) is 0 Å². The zero-order valence-corrected chi connectivity index (χ0v) is 65.9. The normalized spacial score (nSPS) is 32.0. The summed E-state index contributed by atoms with van der Waals surface area (Å²) in [5, 5.41) is 8.18. The molecule has 3 unspecified atom stereocenters. The highest BCUT2D eigenvalue weighted by Crippen LogP contribution is 2.50. The van der Waals surface area contributed by atoms with E-state index in [1.165, 1.54) is 73.7 Å². The molecule has 1 spiro atoms. The molecule has 105 heavy (non-hydrogen) atoms. The average Bonchev–Trinajstić information content (AvgIpc) is 1.58. The summed E-state index contributed by atoms with van der Waals surface area (Å²) in [4.78, 5) is 193. The molecule has 7 aliphatic rings. The van der Waals surface area contributed by atoms with Gasteiger partial charge in [-0.25, -0.2) is 0 Å². The fourth-order valence-electron chi connectivity index (χ4n) is 17.1. The molecule has 3 saturated heterocycles. The van der Waals surface area contributed by atoms with Crippen molar-refractivity contribution in [1.82, 2.24) is 60.0 Å². The Kier molecular flexibility index (Phi) is 30.5. The molecule has 4 heterocycles. The number of ether oxygens (including phenoxy) is 1. The maximum absolute atomic E-state index is 15.8. The van der Waals surface area contributed by atoms with Crippen LogP contribution < -0.4 is 16.0 Å². The molecule has 3 N–H and O–H groups in total. The number of carbonyl (C=O) groups is 12. The molecule has 6 fully saturated rings. The Labute approximate surface area is 629 Å². The van der Waals surface area contributed by atoms with Gasteiger partial charge in [-0.3, -0.25) is 57.5 Å². The van der Waals surface area contributed by atoms with Gasteiger partial charge in [0, 0.05) is 86.9 Å². The van der Waals surface area contributed by atoms with E-state index in [0.29, 0.717) is 70.9 Å². The molecule has 30 heteroatoms. The summed E-state index contributed by atoms with van der Waals surface area (Å²) in [6, 6.07) is -10.4. The predicted octanol–water partition coefficient (Wildman–Crippen LogP) is 6.49. The van der Waals surface area contributed by atoms with Crippen molar-refractivity contribution in [1.29, 1.82) is 0 Å². The van der Waals surface area contributed by atoms with E-state index in [-0.39, 0.29) is 107 Å². The van der Waals surface area contributed by atoms with Gasteiger partial charge in [0.15, 0.2) is 0 Å². The van der Waals surface area contributed by atoms with Gasteiger partial charge in [0.2, 0.25) is 70.9 Å². The van der Waals surface area contributed by atoms with Crippen molar-refractivity contribution in [3.63, 3.8) is 0 Å². The van der Waals surface area contributed by atoms with Crippen LogP contribution in [-0.2, 0) is 62.3 Å². The summed E-state index contributed by atoms with van der Waals surface area (Å²) >= 11 is 13.3. The number of alkyl halides is 5. The highest BCUT2D eigenvalue weighted by atomic mass is 35.5. The molecule has 13 atom stereocenters. The number of halogens is 5. The van der Waals surface area contributed by atoms with Crippen molar-refractivity contribution in [2.24, 2.45) is 35.0 Å². The van der Waals surface area contributed by atoms with E-state index < -0.39 is 186 Å². The Balaban J connectivity index is 1.32. The first-order chi connectivity index (χ1) is 49.3. The Morgan fingerprint density at radius 2 is 1.29 bits per heavy atom. The number of likely N-dealkylation sites (tertiary alicyclic amines) is 1. The van der Waals surface area contributed by atoms with Crippen LogP contribution in [0.15, 0.2) is 12.2 Å². The molecule has 0 radical (unpaired) electrons. The van der Waals surface area contributed by atoms with Crippen LogP contribution in [-0.4, -0.2) is 280 Å². The van der Waals surface area contributed by atoms with E-state index in [1.54, 1.807) is 37.8 Å². The molecule has 0 aromatic heterocycles. The van der Waals surface area contributed by atoms with Gasteiger partial charge >= 0.3 is 6.18 Å². The quantitative estimate of drug-likeness (QED) is 0.132. The lowest BCUT2D eigenvalue weighted by molar-refractivity contribution is -0.184. The van der Waals surface area contributed by atoms with Gasteiger partial charge in [0.25, 0.3) is 0 Å². The second-order valence-electron chi connectivity index (χ2n) is 32.0. The Morgan fingerprint density at radius 1 is 0.657 bits per heavy atom. The van der Waals surface area contributed by atoms with Gasteiger partial charge in [-0.15, -0.1) is 23.2 Å². The first-order valence-electron chi connectivity index (χ1n) is 38.3. The largest absolute Gasteiger partial charge is 0.391 e. The highest BCUT2D eigenvalue weighted by Gasteiger charge is 2.59. The van der Waals surface area contributed by atoms with E-state index in [9.17, 15) is 41.9 Å². The summed E-state index contributed by atoms with van der Waals surface area (Å²) in [7, 11) is 8.39. The second-order valence-corrected chi connectivity index (χ2v) is 33.1. The van der Waals surface area contributed by atoms with Crippen LogP contribution in [0, 0.1) is 35.0 Å². The Morgan fingerprint density at radius 3 is 1.88 bits per heavy atom. The van der Waals surface area contributed by atoms with Gasteiger partial charge in [-0.05, 0) is 146 Å². The van der Waals surface area contributed by atoms with Crippen molar-refractivity contribution >= 4 is 94.1 Å². The van der Waals surface area contributed by atoms with Gasteiger partial charge in [0.1, 0.15) is 53.9 Å². The molecule has 12 amide bonds. The second kappa shape index (κ2) is 37.2. The van der Waals surface area contributed by atoms with E-state index >= 15 is 28.8 Å². The van der Waals surface area contributed by atoms with Crippen molar-refractivity contribution in [3.8, 4) is 0 Å². The fraction of sp³-hybridized carbons (Fsp3) is 0.813. The maximum Gasteiger partial charge on any atom is 0.391 e. The van der Waals surface area contributed by atoms with Crippen molar-refractivity contribution in [2.45, 2.75) is 267 Å². The molecule has 2 bridgehead atoms. The van der Waals surface area contributed by atoms with Crippen molar-refractivity contribution in [3.05, 3.63) is 12.2 Å². The van der Waals surface area contributed by atoms with Crippen molar-refractivity contribution in [2.75, 3.05) is 88.2 Å². The molecular weight excluding hydrogens is 1400 g/mol. The van der Waals surface area contributed by atoms with Crippen LogP contribution in [0.1, 0.15) is 190 Å². The Bertz CT molecular complexity index is 3140. The SMILES string of the molecule is CCO[C@@H]1C[C@H]2C(=O)NC3(CC(C)(C)C3)C(=O)N(C)[C@@H](C(CC)CC)C(=O)N(C)[C@H](C(=O)N3CCCC3)CC(=O)N(C)[C@@H](C)C(=O)N[C@@H]([C@@H](C)CC)C(=O)N(C)CC(=O)N(C)[C@H]3C/C=C\CCN(C3=O)[C@@H](CC3CCC(C(F)(F)F)CC3)C(=O)N(C)CC(=O)N[C@@H](CCC3CCC(Cl)C(Cl)C3)C(=O)N2C1. The highest BCUT2D eigenvalue weighted by molar-refractivity contribution is 6.30. The van der Waals surface area contributed by atoms with Crippen LogP contribution in [0.3, 0.4) is 0 Å². The van der Waals surface area contributed by atoms with Crippen LogP contribution in [0.5, 0.6) is 0 Å². The van der Waals surface area contributed by atoms with Gasteiger partial charge in [-0.2, -0.15) is 13.2 Å². The Hall–Kier alpha value is -6.29. The topological polar surface area (TPSA) is 279 Å². The molecule has 3 aliphatic carbocycles. The van der Waals surface area contributed by atoms with E-state index in [2.05, 4.69) is 16.0 Å². The van der Waals surface area contributed by atoms with Crippen LogP contribution >= 0.6 is 23.2 Å². The van der Waals surface area contributed by atoms with Crippen LogP contribution in [0.4, 0.5) is 13.2 Å². The van der Waals surface area contributed by atoms with Gasteiger partial charge in [-0.1, -0.05) is 73.0 Å². The third-order valence-electron chi connectivity index (χ3n) is 23.9. The number of rotatable bonds is 13. The molecule has 3 saturated carbocycles. The number of nitrogens with one attached hydrogen (secondary N) is 3. The maximum atomic E-state index is 15.8. The minimum absolute atomic E-state index is 0.00566. The average molecular weight is 1520 g/mol. The number of amides is 12.